The van der Waals surface area contributed by atoms with Crippen LogP contribution in [0.15, 0.2) is 40.9 Å². The average Bonchev–Trinajstić information content (AvgIpc) is 2.44. The highest BCUT2D eigenvalue weighted by Crippen LogP contribution is 2.23. The molecule has 1 aliphatic rings. The highest BCUT2D eigenvalue weighted by Gasteiger charge is 2.38. The van der Waals surface area contributed by atoms with Gasteiger partial charge >= 0.3 is 11.9 Å². The molecule has 0 unspecified atom stereocenters. The molecular weight excluding hydrogens is 352 g/mol. The van der Waals surface area contributed by atoms with Crippen molar-refractivity contribution in [1.82, 2.24) is 4.72 Å². The van der Waals surface area contributed by atoms with E-state index in [9.17, 15) is 22.8 Å². The van der Waals surface area contributed by atoms with Gasteiger partial charge in [0, 0.05) is 32.7 Å². The van der Waals surface area contributed by atoms with Crippen LogP contribution in [-0.2, 0) is 33.9 Å². The standard InChI is InChI=1S/C15H16N2O7S/c1-9(18)17-25(21,22)11-6-4-10(5-7-11)16-8-12-13(19)23-15(2,3)24-14(12)20/h4-8,16H,1-3H3,(H,17,18). The summed E-state index contributed by atoms with van der Waals surface area (Å²) in [4.78, 5) is 34.3. The maximum Gasteiger partial charge on any atom is 0.350 e. The first-order valence-corrected chi connectivity index (χ1v) is 8.55. The lowest BCUT2D eigenvalue weighted by Gasteiger charge is -2.29. The van der Waals surface area contributed by atoms with Crippen LogP contribution in [0.3, 0.4) is 0 Å². The summed E-state index contributed by atoms with van der Waals surface area (Å²) in [5.41, 5.74) is 0.0778. The SMILES string of the molecule is CC(=O)NS(=O)(=O)c1ccc(NC=C2C(=O)OC(C)(C)OC2=O)cc1. The van der Waals surface area contributed by atoms with Crippen molar-refractivity contribution in [3.8, 4) is 0 Å². The lowest BCUT2D eigenvalue weighted by Crippen LogP contribution is -2.42. The first kappa shape index (κ1) is 18.5. The van der Waals surface area contributed by atoms with Gasteiger partial charge in [0.2, 0.25) is 5.91 Å². The van der Waals surface area contributed by atoms with Crippen LogP contribution in [0.2, 0.25) is 0 Å². The molecule has 1 heterocycles. The van der Waals surface area contributed by atoms with E-state index in [0.717, 1.165) is 13.1 Å². The number of esters is 2. The third kappa shape index (κ3) is 4.57. The van der Waals surface area contributed by atoms with Crippen LogP contribution in [-0.4, -0.2) is 32.1 Å². The van der Waals surface area contributed by atoms with E-state index in [1.165, 1.54) is 38.1 Å². The number of rotatable bonds is 4. The van der Waals surface area contributed by atoms with Crippen molar-refractivity contribution in [1.29, 1.82) is 0 Å². The van der Waals surface area contributed by atoms with Gasteiger partial charge in [-0.2, -0.15) is 0 Å². The van der Waals surface area contributed by atoms with Crippen LogP contribution in [0.1, 0.15) is 20.8 Å². The van der Waals surface area contributed by atoms with Gasteiger partial charge in [-0.25, -0.2) is 22.7 Å². The molecule has 25 heavy (non-hydrogen) atoms. The number of hydrogen-bond acceptors (Lipinski definition) is 8. The van der Waals surface area contributed by atoms with E-state index in [1.807, 2.05) is 4.72 Å². The molecule has 0 aromatic heterocycles. The Kier molecular flexibility index (Phi) is 4.84. The summed E-state index contributed by atoms with van der Waals surface area (Å²) in [6.45, 7) is 3.95. The molecule has 1 aromatic rings. The molecule has 1 amide bonds. The minimum absolute atomic E-state index is 0.112. The summed E-state index contributed by atoms with van der Waals surface area (Å²) in [7, 11) is -3.93. The Hall–Kier alpha value is -2.88. The molecular formula is C15H16N2O7S. The van der Waals surface area contributed by atoms with Crippen molar-refractivity contribution in [2.75, 3.05) is 5.32 Å². The van der Waals surface area contributed by atoms with E-state index in [0.29, 0.717) is 5.69 Å². The molecule has 0 radical (unpaired) electrons. The zero-order valence-corrected chi connectivity index (χ0v) is 14.5. The van der Waals surface area contributed by atoms with E-state index >= 15 is 0 Å². The molecule has 9 nitrogen and oxygen atoms in total. The summed E-state index contributed by atoms with van der Waals surface area (Å²) >= 11 is 0. The van der Waals surface area contributed by atoms with Gasteiger partial charge in [0.25, 0.3) is 15.8 Å². The maximum atomic E-state index is 11.8. The van der Waals surface area contributed by atoms with E-state index in [4.69, 9.17) is 9.47 Å². The summed E-state index contributed by atoms with van der Waals surface area (Å²) in [5.74, 6) is -3.70. The minimum atomic E-state index is -3.93. The predicted molar refractivity (Wildman–Crippen MR) is 85.4 cm³/mol. The average molecular weight is 368 g/mol. The van der Waals surface area contributed by atoms with Crippen LogP contribution in [0.4, 0.5) is 5.69 Å². The van der Waals surface area contributed by atoms with Crippen molar-refractivity contribution < 1.29 is 32.3 Å². The van der Waals surface area contributed by atoms with Gasteiger partial charge in [0.05, 0.1) is 4.90 Å². The second kappa shape index (κ2) is 6.55. The number of sulfonamides is 1. The fourth-order valence-electron chi connectivity index (χ4n) is 1.91. The molecule has 0 spiro atoms. The van der Waals surface area contributed by atoms with E-state index in [2.05, 4.69) is 5.32 Å². The highest BCUT2D eigenvalue weighted by atomic mass is 32.2. The molecule has 1 fully saturated rings. The molecule has 2 rings (SSSR count). The Morgan fingerprint density at radius 2 is 1.60 bits per heavy atom. The summed E-state index contributed by atoms with van der Waals surface area (Å²) < 4.78 is 35.3. The van der Waals surface area contributed by atoms with Gasteiger partial charge in [-0.3, -0.25) is 4.79 Å². The molecule has 10 heteroatoms. The zero-order valence-electron chi connectivity index (χ0n) is 13.7. The third-order valence-corrected chi connectivity index (χ3v) is 4.39. The molecule has 0 saturated carbocycles. The second-order valence-electron chi connectivity index (χ2n) is 5.57. The summed E-state index contributed by atoms with van der Waals surface area (Å²) in [6.07, 6.45) is 1.11. The number of hydrogen-bond donors (Lipinski definition) is 2. The number of carbonyl (C=O) groups is 3. The van der Waals surface area contributed by atoms with Crippen LogP contribution >= 0.6 is 0 Å². The van der Waals surface area contributed by atoms with Gasteiger partial charge in [0.15, 0.2) is 5.57 Å². The first-order valence-electron chi connectivity index (χ1n) is 7.07. The Bertz CT molecular complexity index is 832. The molecule has 0 aliphatic carbocycles. The lowest BCUT2D eigenvalue weighted by atomic mass is 10.2. The van der Waals surface area contributed by atoms with Crippen LogP contribution in [0.5, 0.6) is 0 Å². The number of carbonyl (C=O) groups excluding carboxylic acids is 3. The summed E-state index contributed by atoms with van der Waals surface area (Å²) in [5, 5.41) is 2.68. The van der Waals surface area contributed by atoms with E-state index in [-0.39, 0.29) is 10.5 Å². The number of anilines is 1. The van der Waals surface area contributed by atoms with Gasteiger partial charge in [-0.1, -0.05) is 0 Å². The van der Waals surface area contributed by atoms with Crippen LogP contribution in [0, 0.1) is 0 Å². The smallest absolute Gasteiger partial charge is 0.350 e. The van der Waals surface area contributed by atoms with Crippen molar-refractivity contribution in [3.63, 3.8) is 0 Å². The predicted octanol–water partition coefficient (Wildman–Crippen LogP) is 0.643. The second-order valence-corrected chi connectivity index (χ2v) is 7.25. The summed E-state index contributed by atoms with van der Waals surface area (Å²) in [6, 6.07) is 5.31. The van der Waals surface area contributed by atoms with Crippen molar-refractivity contribution in [3.05, 3.63) is 36.0 Å². The maximum absolute atomic E-state index is 11.8. The number of amides is 1. The van der Waals surface area contributed by atoms with Crippen LogP contribution < -0.4 is 10.0 Å². The normalized spacial score (nSPS) is 16.5. The van der Waals surface area contributed by atoms with Crippen molar-refractivity contribution in [2.24, 2.45) is 0 Å². The first-order chi connectivity index (χ1) is 11.5. The van der Waals surface area contributed by atoms with Crippen molar-refractivity contribution >= 4 is 33.6 Å². The fraction of sp³-hybridized carbons (Fsp3) is 0.267. The quantitative estimate of drug-likeness (QED) is 0.450. The Balaban J connectivity index is 2.13. The third-order valence-electron chi connectivity index (χ3n) is 2.94. The van der Waals surface area contributed by atoms with Gasteiger partial charge in [-0.15, -0.1) is 0 Å². The topological polar surface area (TPSA) is 128 Å². The lowest BCUT2D eigenvalue weighted by molar-refractivity contribution is -0.222. The van der Waals surface area contributed by atoms with Gasteiger partial charge in [0.1, 0.15) is 0 Å². The van der Waals surface area contributed by atoms with Gasteiger partial charge < -0.3 is 14.8 Å². The molecule has 1 aliphatic heterocycles. The molecule has 1 saturated heterocycles. The van der Waals surface area contributed by atoms with Crippen molar-refractivity contribution in [2.45, 2.75) is 31.5 Å². The van der Waals surface area contributed by atoms with E-state index < -0.39 is 33.7 Å². The van der Waals surface area contributed by atoms with Crippen LogP contribution in [0.25, 0.3) is 0 Å². The molecule has 2 N–H and O–H groups in total. The minimum Gasteiger partial charge on any atom is -0.419 e. The number of nitrogens with one attached hydrogen (secondary N) is 2. The number of ether oxygens (including phenoxy) is 2. The Labute approximate surface area is 144 Å². The van der Waals surface area contributed by atoms with Gasteiger partial charge in [-0.05, 0) is 24.3 Å². The molecule has 0 atom stereocenters. The highest BCUT2D eigenvalue weighted by molar-refractivity contribution is 7.90. The number of cyclic esters (lactones) is 2. The monoisotopic (exact) mass is 368 g/mol. The molecule has 0 bridgehead atoms. The number of benzene rings is 1. The molecule has 1 aromatic carbocycles. The fourth-order valence-corrected chi connectivity index (χ4v) is 2.90. The Morgan fingerprint density at radius 1 is 1.08 bits per heavy atom. The van der Waals surface area contributed by atoms with E-state index in [1.54, 1.807) is 0 Å². The Morgan fingerprint density at radius 3 is 2.08 bits per heavy atom. The zero-order chi connectivity index (χ0) is 18.8. The largest absolute Gasteiger partial charge is 0.419 e. The molecule has 134 valence electrons.